The Bertz CT molecular complexity index is 474. The SMILES string of the molecule is CN(C)CCN(c1ccccc1Cl)S(C)(=O)=O. The molecule has 0 heterocycles. The number of hydrogen-bond acceptors (Lipinski definition) is 3. The third-order valence-electron chi connectivity index (χ3n) is 2.27. The number of rotatable bonds is 5. The van der Waals surface area contributed by atoms with Crippen LogP contribution in [-0.2, 0) is 10.0 Å². The predicted octanol–water partition coefficient (Wildman–Crippen LogP) is 1.67. The number of hydrogen-bond donors (Lipinski definition) is 0. The lowest BCUT2D eigenvalue weighted by atomic mass is 10.3. The van der Waals surface area contributed by atoms with Crippen LogP contribution in [0.15, 0.2) is 24.3 Å². The zero-order chi connectivity index (χ0) is 13.1. The van der Waals surface area contributed by atoms with Crippen LogP contribution in [0.5, 0.6) is 0 Å². The van der Waals surface area contributed by atoms with E-state index in [1.54, 1.807) is 24.3 Å². The molecule has 0 saturated carbocycles. The van der Waals surface area contributed by atoms with E-state index in [1.807, 2.05) is 19.0 Å². The van der Waals surface area contributed by atoms with Gasteiger partial charge in [-0.1, -0.05) is 23.7 Å². The third kappa shape index (κ3) is 4.18. The normalized spacial score (nSPS) is 11.8. The number of anilines is 1. The summed E-state index contributed by atoms with van der Waals surface area (Å²) < 4.78 is 24.8. The Balaban J connectivity index is 3.04. The minimum Gasteiger partial charge on any atom is -0.308 e. The van der Waals surface area contributed by atoms with E-state index in [-0.39, 0.29) is 0 Å². The first-order chi connectivity index (χ1) is 7.82. The van der Waals surface area contributed by atoms with Gasteiger partial charge in [0.2, 0.25) is 10.0 Å². The van der Waals surface area contributed by atoms with Crippen molar-refractivity contribution in [2.45, 2.75) is 0 Å². The molecule has 1 rings (SSSR count). The maximum absolute atomic E-state index is 11.7. The van der Waals surface area contributed by atoms with Gasteiger partial charge in [0, 0.05) is 13.1 Å². The molecule has 0 radical (unpaired) electrons. The molecule has 0 bridgehead atoms. The second kappa shape index (κ2) is 5.71. The summed E-state index contributed by atoms with van der Waals surface area (Å²) in [5.41, 5.74) is 0.526. The van der Waals surface area contributed by atoms with Gasteiger partial charge >= 0.3 is 0 Å². The fourth-order valence-corrected chi connectivity index (χ4v) is 2.63. The molecule has 0 spiro atoms. The number of para-hydroxylation sites is 1. The van der Waals surface area contributed by atoms with E-state index < -0.39 is 10.0 Å². The zero-order valence-corrected chi connectivity index (χ0v) is 11.8. The van der Waals surface area contributed by atoms with Gasteiger partial charge in [0.15, 0.2) is 0 Å². The maximum Gasteiger partial charge on any atom is 0.232 e. The van der Waals surface area contributed by atoms with Crippen LogP contribution < -0.4 is 4.31 Å². The third-order valence-corrected chi connectivity index (χ3v) is 3.77. The number of likely N-dealkylation sites (N-methyl/N-ethyl adjacent to an activating group) is 1. The van der Waals surface area contributed by atoms with Crippen LogP contribution in [0, 0.1) is 0 Å². The second-order valence-electron chi connectivity index (χ2n) is 4.09. The molecular formula is C11H17ClN2O2S. The van der Waals surface area contributed by atoms with E-state index in [2.05, 4.69) is 0 Å². The molecule has 0 amide bonds. The molecule has 0 aliphatic carbocycles. The first kappa shape index (κ1) is 14.3. The van der Waals surface area contributed by atoms with E-state index in [4.69, 9.17) is 11.6 Å². The smallest absolute Gasteiger partial charge is 0.232 e. The minimum absolute atomic E-state index is 0.384. The quantitative estimate of drug-likeness (QED) is 0.821. The fraction of sp³-hybridized carbons (Fsp3) is 0.455. The highest BCUT2D eigenvalue weighted by Crippen LogP contribution is 2.26. The Morgan fingerprint density at radius 2 is 1.76 bits per heavy atom. The minimum atomic E-state index is -3.31. The highest BCUT2D eigenvalue weighted by atomic mass is 35.5. The topological polar surface area (TPSA) is 40.6 Å². The highest BCUT2D eigenvalue weighted by molar-refractivity contribution is 7.92. The Morgan fingerprint density at radius 1 is 1.18 bits per heavy atom. The van der Waals surface area contributed by atoms with E-state index >= 15 is 0 Å². The summed E-state index contributed by atoms with van der Waals surface area (Å²) in [5, 5.41) is 0.441. The molecule has 0 saturated heterocycles. The number of halogens is 1. The van der Waals surface area contributed by atoms with Crippen LogP contribution in [0.25, 0.3) is 0 Å². The molecule has 0 unspecified atom stereocenters. The van der Waals surface area contributed by atoms with Gasteiger partial charge in [-0.15, -0.1) is 0 Å². The monoisotopic (exact) mass is 276 g/mol. The summed E-state index contributed by atoms with van der Waals surface area (Å²) in [4.78, 5) is 1.93. The largest absolute Gasteiger partial charge is 0.308 e. The molecule has 1 aromatic rings. The number of nitrogens with zero attached hydrogens (tertiary/aromatic N) is 2. The van der Waals surface area contributed by atoms with Gasteiger partial charge in [-0.25, -0.2) is 8.42 Å². The lowest BCUT2D eigenvalue weighted by molar-refractivity contribution is 0.419. The van der Waals surface area contributed by atoms with Gasteiger partial charge in [0.25, 0.3) is 0 Å². The van der Waals surface area contributed by atoms with Crippen LogP contribution in [0.2, 0.25) is 5.02 Å². The molecular weight excluding hydrogens is 260 g/mol. The first-order valence-corrected chi connectivity index (χ1v) is 7.42. The molecule has 0 N–H and O–H groups in total. The molecule has 96 valence electrons. The van der Waals surface area contributed by atoms with E-state index in [1.165, 1.54) is 10.6 Å². The second-order valence-corrected chi connectivity index (χ2v) is 6.40. The Morgan fingerprint density at radius 3 is 2.24 bits per heavy atom. The fourth-order valence-electron chi connectivity index (χ4n) is 1.41. The van der Waals surface area contributed by atoms with Gasteiger partial charge in [0.05, 0.1) is 17.0 Å². The highest BCUT2D eigenvalue weighted by Gasteiger charge is 2.19. The molecule has 17 heavy (non-hydrogen) atoms. The summed E-state index contributed by atoms with van der Waals surface area (Å²) in [6.07, 6.45) is 1.19. The van der Waals surface area contributed by atoms with Crippen molar-refractivity contribution in [2.75, 3.05) is 37.7 Å². The van der Waals surface area contributed by atoms with E-state index in [0.717, 1.165) is 0 Å². The van der Waals surface area contributed by atoms with Gasteiger partial charge in [-0.05, 0) is 26.2 Å². The van der Waals surface area contributed by atoms with Crippen molar-refractivity contribution in [3.8, 4) is 0 Å². The van der Waals surface area contributed by atoms with Crippen LogP contribution in [0.1, 0.15) is 0 Å². The van der Waals surface area contributed by atoms with E-state index in [9.17, 15) is 8.42 Å². The summed E-state index contributed by atoms with van der Waals surface area (Å²) >= 11 is 6.02. The summed E-state index contributed by atoms with van der Waals surface area (Å²) in [5.74, 6) is 0. The molecule has 6 heteroatoms. The first-order valence-electron chi connectivity index (χ1n) is 5.19. The number of sulfonamides is 1. The van der Waals surface area contributed by atoms with Crippen LogP contribution in [-0.4, -0.2) is 46.8 Å². The molecule has 0 aromatic heterocycles. The Hall–Kier alpha value is -0.780. The molecule has 4 nitrogen and oxygen atoms in total. The van der Waals surface area contributed by atoms with Gasteiger partial charge in [0.1, 0.15) is 0 Å². The van der Waals surface area contributed by atoms with Crippen molar-refractivity contribution >= 4 is 27.3 Å². The van der Waals surface area contributed by atoms with Crippen molar-refractivity contribution in [1.82, 2.24) is 4.90 Å². The molecule has 0 aliphatic rings. The van der Waals surface area contributed by atoms with Crippen LogP contribution in [0.4, 0.5) is 5.69 Å². The van der Waals surface area contributed by atoms with Crippen molar-refractivity contribution in [1.29, 1.82) is 0 Å². The number of benzene rings is 1. The van der Waals surface area contributed by atoms with Crippen molar-refractivity contribution < 1.29 is 8.42 Å². The average Bonchev–Trinajstić information content (AvgIpc) is 2.18. The van der Waals surface area contributed by atoms with E-state index in [0.29, 0.717) is 23.8 Å². The van der Waals surface area contributed by atoms with Gasteiger partial charge in [-0.2, -0.15) is 0 Å². The van der Waals surface area contributed by atoms with Crippen LogP contribution in [0.3, 0.4) is 0 Å². The Kier molecular flexibility index (Phi) is 4.80. The van der Waals surface area contributed by atoms with Crippen molar-refractivity contribution in [3.63, 3.8) is 0 Å². The lowest BCUT2D eigenvalue weighted by Gasteiger charge is -2.24. The molecule has 0 aliphatic heterocycles. The van der Waals surface area contributed by atoms with Gasteiger partial charge < -0.3 is 4.90 Å². The predicted molar refractivity (Wildman–Crippen MR) is 72.2 cm³/mol. The molecule has 1 aromatic carbocycles. The standard InChI is InChI=1S/C11H17ClN2O2S/c1-13(2)8-9-14(17(3,15)16)11-7-5-4-6-10(11)12/h4-7H,8-9H2,1-3H3. The van der Waals surface area contributed by atoms with Crippen molar-refractivity contribution in [3.05, 3.63) is 29.3 Å². The molecule has 0 atom stereocenters. The zero-order valence-electron chi connectivity index (χ0n) is 10.2. The lowest BCUT2D eigenvalue weighted by Crippen LogP contribution is -2.36. The maximum atomic E-state index is 11.7. The summed E-state index contributed by atoms with van der Waals surface area (Å²) in [7, 11) is 0.478. The molecule has 0 fully saturated rings. The summed E-state index contributed by atoms with van der Waals surface area (Å²) in [6, 6.07) is 6.94. The Labute approximate surface area is 108 Å². The average molecular weight is 277 g/mol. The van der Waals surface area contributed by atoms with Crippen LogP contribution >= 0.6 is 11.6 Å². The van der Waals surface area contributed by atoms with Gasteiger partial charge in [-0.3, -0.25) is 4.31 Å². The van der Waals surface area contributed by atoms with Crippen molar-refractivity contribution in [2.24, 2.45) is 0 Å². The summed E-state index contributed by atoms with van der Waals surface area (Å²) in [6.45, 7) is 1.02.